The maximum absolute atomic E-state index is 15.0. The summed E-state index contributed by atoms with van der Waals surface area (Å²) in [7, 11) is 1.42. The standard InChI is InChI=1S/C19H29FN6O4S/c1-22-18(21)24-19(27)30-12-15-2-7-23-17(16(15)20)25-8-3-13(4-9-25)14-5-10-26(11-6-14)31(28)29/h2,7,13-14H,3-6,8-12H2,1H3,(H,28,29)(H3,21,22,24,27). The number of rotatable bonds is 5. The Hall–Kier alpha value is -2.31. The predicted molar refractivity (Wildman–Crippen MR) is 115 cm³/mol. The highest BCUT2D eigenvalue weighted by Crippen LogP contribution is 2.34. The Morgan fingerprint density at radius 1 is 1.32 bits per heavy atom. The van der Waals surface area contributed by atoms with Crippen molar-refractivity contribution in [1.29, 1.82) is 0 Å². The molecule has 0 radical (unpaired) electrons. The lowest BCUT2D eigenvalue weighted by molar-refractivity contribution is 0.143. The van der Waals surface area contributed by atoms with Crippen molar-refractivity contribution in [3.8, 4) is 0 Å². The van der Waals surface area contributed by atoms with Crippen LogP contribution in [0, 0.1) is 17.7 Å². The lowest BCUT2D eigenvalue weighted by atomic mass is 9.79. The molecular formula is C19H29FN6O4S. The summed E-state index contributed by atoms with van der Waals surface area (Å²) in [5.74, 6) is 0.732. The zero-order chi connectivity index (χ0) is 22.4. The number of hydrogen-bond donors (Lipinski definition) is 3. The number of nitrogens with zero attached hydrogens (tertiary/aromatic N) is 4. The molecule has 0 aromatic carbocycles. The number of pyridine rings is 1. The number of hydrogen-bond acceptors (Lipinski definition) is 6. The lowest BCUT2D eigenvalue weighted by Gasteiger charge is -2.39. The number of amides is 1. The molecule has 1 unspecified atom stereocenters. The molecule has 1 aromatic heterocycles. The van der Waals surface area contributed by atoms with Crippen LogP contribution in [0.5, 0.6) is 0 Å². The minimum Gasteiger partial charge on any atom is -0.444 e. The summed E-state index contributed by atoms with van der Waals surface area (Å²) >= 11 is -1.89. The summed E-state index contributed by atoms with van der Waals surface area (Å²) in [6.45, 7) is 2.40. The molecule has 2 saturated heterocycles. The van der Waals surface area contributed by atoms with Gasteiger partial charge < -0.3 is 15.4 Å². The number of carbonyl (C=O) groups excluding carboxylic acids is 1. The summed E-state index contributed by atoms with van der Waals surface area (Å²) < 4.78 is 42.0. The number of nitrogens with one attached hydrogen (secondary N) is 1. The van der Waals surface area contributed by atoms with Gasteiger partial charge in [0.25, 0.3) is 0 Å². The van der Waals surface area contributed by atoms with Crippen LogP contribution in [0.1, 0.15) is 31.2 Å². The van der Waals surface area contributed by atoms with Crippen LogP contribution in [-0.2, 0) is 22.6 Å². The topological polar surface area (TPSA) is 133 Å². The average molecular weight is 457 g/mol. The summed E-state index contributed by atoms with van der Waals surface area (Å²) in [6.07, 6.45) is 4.36. The van der Waals surface area contributed by atoms with E-state index in [9.17, 15) is 17.9 Å². The first-order valence-electron chi connectivity index (χ1n) is 10.3. The van der Waals surface area contributed by atoms with E-state index in [0.717, 1.165) is 25.7 Å². The van der Waals surface area contributed by atoms with E-state index < -0.39 is 23.2 Å². The van der Waals surface area contributed by atoms with E-state index in [1.54, 1.807) is 4.31 Å². The normalized spacial score (nSPS) is 20.5. The van der Waals surface area contributed by atoms with Crippen LogP contribution in [0.25, 0.3) is 0 Å². The number of aliphatic imine (C=N–C) groups is 1. The Morgan fingerprint density at radius 3 is 2.52 bits per heavy atom. The molecule has 1 atom stereocenters. The van der Waals surface area contributed by atoms with Crippen LogP contribution in [0.2, 0.25) is 0 Å². The number of ether oxygens (including phenoxy) is 1. The number of anilines is 1. The van der Waals surface area contributed by atoms with Crippen LogP contribution >= 0.6 is 0 Å². The fourth-order valence-electron chi connectivity index (χ4n) is 4.23. The van der Waals surface area contributed by atoms with Crippen molar-refractivity contribution in [2.45, 2.75) is 32.3 Å². The van der Waals surface area contributed by atoms with E-state index >= 15 is 0 Å². The van der Waals surface area contributed by atoms with E-state index in [1.807, 2.05) is 4.90 Å². The zero-order valence-corrected chi connectivity index (χ0v) is 18.3. The van der Waals surface area contributed by atoms with Gasteiger partial charge in [0.15, 0.2) is 17.6 Å². The fraction of sp³-hybridized carbons (Fsp3) is 0.632. The molecule has 0 saturated carbocycles. The summed E-state index contributed by atoms with van der Waals surface area (Å²) in [5, 5.41) is 2.23. The van der Waals surface area contributed by atoms with Crippen molar-refractivity contribution in [3.63, 3.8) is 0 Å². The maximum Gasteiger partial charge on any atom is 0.414 e. The van der Waals surface area contributed by atoms with Gasteiger partial charge in [0, 0.05) is 45.0 Å². The number of nitrogens with two attached hydrogens (primary N) is 1. The molecule has 1 aromatic rings. The Bertz CT molecular complexity index is 826. The Labute approximate surface area is 183 Å². The highest BCUT2D eigenvalue weighted by molar-refractivity contribution is 7.76. The van der Waals surface area contributed by atoms with Gasteiger partial charge in [-0.2, -0.15) is 0 Å². The summed E-state index contributed by atoms with van der Waals surface area (Å²) in [5.41, 5.74) is 5.63. The SMILES string of the molecule is CN=C(N)NC(=O)OCc1ccnc(N2CCC(C3CCN(S(=O)O)CC3)CC2)c1F. The van der Waals surface area contributed by atoms with E-state index in [4.69, 9.17) is 10.5 Å². The molecule has 3 rings (SSSR count). The molecule has 0 aliphatic carbocycles. The van der Waals surface area contributed by atoms with Crippen molar-refractivity contribution in [2.24, 2.45) is 22.6 Å². The van der Waals surface area contributed by atoms with Crippen LogP contribution in [0.3, 0.4) is 0 Å². The number of piperidine rings is 2. The molecule has 3 heterocycles. The Kier molecular flexibility index (Phi) is 8.15. The second-order valence-electron chi connectivity index (χ2n) is 7.74. The van der Waals surface area contributed by atoms with Gasteiger partial charge in [0.05, 0.1) is 0 Å². The van der Waals surface area contributed by atoms with Crippen molar-refractivity contribution in [2.75, 3.05) is 38.1 Å². The quantitative estimate of drug-likeness (QED) is 0.347. The number of guanidine groups is 1. The molecule has 10 nitrogen and oxygen atoms in total. The second kappa shape index (κ2) is 10.8. The van der Waals surface area contributed by atoms with Crippen molar-refractivity contribution < 1.29 is 22.7 Å². The van der Waals surface area contributed by atoms with Crippen LogP contribution in [-0.4, -0.2) is 63.3 Å². The molecule has 2 fully saturated rings. The molecule has 172 valence electrons. The van der Waals surface area contributed by atoms with Gasteiger partial charge in [-0.15, -0.1) is 0 Å². The number of halogens is 1. The van der Waals surface area contributed by atoms with E-state index in [1.165, 1.54) is 19.3 Å². The number of aromatic nitrogens is 1. The minimum absolute atomic E-state index is 0.0842. The van der Waals surface area contributed by atoms with E-state index in [0.29, 0.717) is 38.0 Å². The molecule has 0 spiro atoms. The van der Waals surface area contributed by atoms with Crippen LogP contribution in [0.15, 0.2) is 17.3 Å². The van der Waals surface area contributed by atoms with Gasteiger partial charge in [-0.1, -0.05) is 0 Å². The first-order valence-corrected chi connectivity index (χ1v) is 11.4. The van der Waals surface area contributed by atoms with Crippen molar-refractivity contribution in [1.82, 2.24) is 14.6 Å². The molecule has 2 aliphatic rings. The summed E-state index contributed by atoms with van der Waals surface area (Å²) in [6, 6.07) is 1.48. The molecule has 12 heteroatoms. The Balaban J connectivity index is 1.53. The van der Waals surface area contributed by atoms with E-state index in [2.05, 4.69) is 15.3 Å². The van der Waals surface area contributed by atoms with Crippen molar-refractivity contribution in [3.05, 3.63) is 23.6 Å². The highest BCUT2D eigenvalue weighted by atomic mass is 32.2. The van der Waals surface area contributed by atoms with E-state index in [-0.39, 0.29) is 23.9 Å². The largest absolute Gasteiger partial charge is 0.444 e. The smallest absolute Gasteiger partial charge is 0.414 e. The van der Waals surface area contributed by atoms with Crippen LogP contribution < -0.4 is 16.0 Å². The first kappa shape index (κ1) is 23.4. The van der Waals surface area contributed by atoms with Crippen molar-refractivity contribution >= 4 is 29.1 Å². The third kappa shape index (κ3) is 6.11. The molecule has 2 aliphatic heterocycles. The van der Waals surface area contributed by atoms with Gasteiger partial charge >= 0.3 is 6.09 Å². The third-order valence-corrected chi connectivity index (χ3v) is 6.81. The first-order chi connectivity index (χ1) is 14.9. The Morgan fingerprint density at radius 2 is 1.94 bits per heavy atom. The third-order valence-electron chi connectivity index (χ3n) is 6.01. The lowest BCUT2D eigenvalue weighted by Crippen LogP contribution is -2.41. The van der Waals surface area contributed by atoms with Gasteiger partial charge in [-0.05, 0) is 43.6 Å². The zero-order valence-electron chi connectivity index (χ0n) is 17.5. The molecule has 31 heavy (non-hydrogen) atoms. The maximum atomic E-state index is 15.0. The van der Waals surface area contributed by atoms with Gasteiger partial charge in [0.1, 0.15) is 6.61 Å². The monoisotopic (exact) mass is 456 g/mol. The fourth-order valence-corrected chi connectivity index (χ4v) is 4.75. The summed E-state index contributed by atoms with van der Waals surface area (Å²) in [4.78, 5) is 21.4. The molecule has 0 bridgehead atoms. The molecule has 1 amide bonds. The predicted octanol–water partition coefficient (Wildman–Crippen LogP) is 1.46. The minimum atomic E-state index is -1.89. The van der Waals surface area contributed by atoms with Gasteiger partial charge in [-0.25, -0.2) is 22.7 Å². The molecule has 4 N–H and O–H groups in total. The molecular weight excluding hydrogens is 427 g/mol. The number of carbonyl (C=O) groups is 1. The average Bonchev–Trinajstić information content (AvgIpc) is 2.78. The second-order valence-corrected chi connectivity index (χ2v) is 8.72. The van der Waals surface area contributed by atoms with Gasteiger partial charge in [0.2, 0.25) is 11.3 Å². The highest BCUT2D eigenvalue weighted by Gasteiger charge is 2.31. The van der Waals surface area contributed by atoms with Gasteiger partial charge in [-0.3, -0.25) is 14.9 Å². The number of alkyl carbamates (subject to hydrolysis) is 1. The van der Waals surface area contributed by atoms with Crippen LogP contribution in [0.4, 0.5) is 15.0 Å².